The Balaban J connectivity index is 4.29. The molecular formula is C53H96O6. The molecule has 1 atom stereocenters. The van der Waals surface area contributed by atoms with Gasteiger partial charge in [0.2, 0.25) is 0 Å². The monoisotopic (exact) mass is 829 g/mol. The first kappa shape index (κ1) is 56.6. The van der Waals surface area contributed by atoms with Crippen LogP contribution < -0.4 is 0 Å². The van der Waals surface area contributed by atoms with Crippen LogP contribution in [0.3, 0.4) is 0 Å². The van der Waals surface area contributed by atoms with Crippen LogP contribution >= 0.6 is 0 Å². The van der Waals surface area contributed by atoms with Gasteiger partial charge in [-0.05, 0) is 77.0 Å². The van der Waals surface area contributed by atoms with Gasteiger partial charge in [-0.2, -0.15) is 0 Å². The first-order valence-electron chi connectivity index (χ1n) is 25.5. The summed E-state index contributed by atoms with van der Waals surface area (Å²) < 4.78 is 16.7. The van der Waals surface area contributed by atoms with Crippen molar-refractivity contribution in [3.8, 4) is 0 Å². The average Bonchev–Trinajstić information content (AvgIpc) is 3.23. The zero-order chi connectivity index (χ0) is 43.0. The molecule has 0 aliphatic heterocycles. The third-order valence-corrected chi connectivity index (χ3v) is 11.1. The summed E-state index contributed by atoms with van der Waals surface area (Å²) in [4.78, 5) is 37.8. The second-order valence-electron chi connectivity index (χ2n) is 17.1. The lowest BCUT2D eigenvalue weighted by molar-refractivity contribution is -0.167. The Morgan fingerprint density at radius 3 is 1.00 bits per heavy atom. The number of ether oxygens (including phenoxy) is 3. The van der Waals surface area contributed by atoms with Crippen molar-refractivity contribution in [1.82, 2.24) is 0 Å². The Morgan fingerprint density at radius 1 is 0.339 bits per heavy atom. The highest BCUT2D eigenvalue weighted by atomic mass is 16.6. The lowest BCUT2D eigenvalue weighted by atomic mass is 10.1. The number of esters is 3. The molecule has 6 nitrogen and oxygen atoms in total. The quantitative estimate of drug-likeness (QED) is 0.0263. The van der Waals surface area contributed by atoms with Gasteiger partial charge in [-0.3, -0.25) is 14.4 Å². The van der Waals surface area contributed by atoms with Gasteiger partial charge in [0.05, 0.1) is 0 Å². The van der Waals surface area contributed by atoms with Gasteiger partial charge in [-0.25, -0.2) is 0 Å². The predicted molar refractivity (Wildman–Crippen MR) is 252 cm³/mol. The van der Waals surface area contributed by atoms with Crippen molar-refractivity contribution >= 4 is 17.9 Å². The number of carbonyl (C=O) groups excluding carboxylic acids is 3. The van der Waals surface area contributed by atoms with Gasteiger partial charge in [0.15, 0.2) is 6.10 Å². The molecule has 0 fully saturated rings. The molecule has 0 aromatic rings. The molecular weight excluding hydrogens is 733 g/mol. The zero-order valence-electron chi connectivity index (χ0n) is 39.3. The Kier molecular flexibility index (Phi) is 46.4. The van der Waals surface area contributed by atoms with Crippen molar-refractivity contribution in [3.63, 3.8) is 0 Å². The highest BCUT2D eigenvalue weighted by Crippen LogP contribution is 2.15. The first-order chi connectivity index (χ1) is 29.0. The van der Waals surface area contributed by atoms with Crippen molar-refractivity contribution in [2.45, 2.75) is 271 Å². The maximum Gasteiger partial charge on any atom is 0.306 e. The van der Waals surface area contributed by atoms with Gasteiger partial charge >= 0.3 is 17.9 Å². The van der Waals surface area contributed by atoms with Gasteiger partial charge in [0.1, 0.15) is 13.2 Å². The van der Waals surface area contributed by atoms with Gasteiger partial charge < -0.3 is 14.2 Å². The van der Waals surface area contributed by atoms with Gasteiger partial charge in [-0.1, -0.05) is 205 Å². The number of hydrogen-bond acceptors (Lipinski definition) is 6. The van der Waals surface area contributed by atoms with E-state index in [9.17, 15) is 14.4 Å². The van der Waals surface area contributed by atoms with E-state index >= 15 is 0 Å². The van der Waals surface area contributed by atoms with Crippen LogP contribution in [0.5, 0.6) is 0 Å². The summed E-state index contributed by atoms with van der Waals surface area (Å²) in [5.41, 5.74) is 0. The Morgan fingerprint density at radius 2 is 0.610 bits per heavy atom. The number of rotatable bonds is 46. The molecule has 6 heteroatoms. The largest absolute Gasteiger partial charge is 0.462 e. The second-order valence-corrected chi connectivity index (χ2v) is 17.1. The van der Waals surface area contributed by atoms with Crippen molar-refractivity contribution < 1.29 is 28.6 Å². The van der Waals surface area contributed by atoms with Crippen LogP contribution in [0.1, 0.15) is 265 Å². The minimum Gasteiger partial charge on any atom is -0.462 e. The number of hydrogen-bond donors (Lipinski definition) is 0. The Labute approximate surface area is 365 Å². The topological polar surface area (TPSA) is 78.9 Å². The molecule has 1 unspecified atom stereocenters. The fourth-order valence-electron chi connectivity index (χ4n) is 7.23. The number of unbranched alkanes of at least 4 members (excludes halogenated alkanes) is 29. The summed E-state index contributed by atoms with van der Waals surface area (Å²) in [7, 11) is 0. The van der Waals surface area contributed by atoms with E-state index in [4.69, 9.17) is 14.2 Å². The van der Waals surface area contributed by atoms with Crippen LogP contribution in [0.4, 0.5) is 0 Å². The van der Waals surface area contributed by atoms with E-state index in [-0.39, 0.29) is 31.1 Å². The molecule has 0 rings (SSSR count). The highest BCUT2D eigenvalue weighted by Gasteiger charge is 2.19. The summed E-state index contributed by atoms with van der Waals surface area (Å²) in [5.74, 6) is -0.883. The molecule has 0 saturated heterocycles. The minimum absolute atomic E-state index is 0.0744. The first-order valence-corrected chi connectivity index (χ1v) is 25.5. The number of allylic oxidation sites excluding steroid dienone is 6. The van der Waals surface area contributed by atoms with E-state index < -0.39 is 6.10 Å². The SMILES string of the molecule is CCCCC/C=C\C/C=C\CCCCCCCCCCCC(=O)OCC(COC(=O)CCCCCCCCCCC)OC(=O)CCCCCCC/C=C\CCCCCC. The fourth-order valence-corrected chi connectivity index (χ4v) is 7.23. The molecule has 0 aliphatic rings. The molecule has 0 aromatic carbocycles. The minimum atomic E-state index is -0.773. The standard InChI is InChI=1S/C53H96O6/c1-4-7-10-13-16-19-21-23-24-25-26-27-28-30-31-34-37-40-43-46-52(55)58-49-50(48-57-51(54)45-42-39-36-33-18-15-12-9-6-3)59-53(56)47-44-41-38-35-32-29-22-20-17-14-11-8-5-2/h16,19-20,22-24,50H,4-15,17-18,21,25-49H2,1-3H3/b19-16-,22-20-,24-23-. The molecule has 344 valence electrons. The van der Waals surface area contributed by atoms with Crippen LogP contribution in [0.2, 0.25) is 0 Å². The van der Waals surface area contributed by atoms with Crippen LogP contribution in [0.25, 0.3) is 0 Å². The molecule has 0 aromatic heterocycles. The molecule has 0 heterocycles. The molecule has 0 N–H and O–H groups in total. The Hall–Kier alpha value is -2.37. The third-order valence-electron chi connectivity index (χ3n) is 11.1. The average molecular weight is 829 g/mol. The van der Waals surface area contributed by atoms with Gasteiger partial charge in [-0.15, -0.1) is 0 Å². The van der Waals surface area contributed by atoms with E-state index in [0.717, 1.165) is 70.6 Å². The highest BCUT2D eigenvalue weighted by molar-refractivity contribution is 5.71. The lowest BCUT2D eigenvalue weighted by Gasteiger charge is -2.18. The lowest BCUT2D eigenvalue weighted by Crippen LogP contribution is -2.30. The second kappa shape index (κ2) is 48.3. The Bertz CT molecular complexity index is 1000. The van der Waals surface area contributed by atoms with E-state index in [0.29, 0.717) is 19.3 Å². The van der Waals surface area contributed by atoms with Crippen LogP contribution in [-0.4, -0.2) is 37.2 Å². The molecule has 0 amide bonds. The molecule has 0 aliphatic carbocycles. The van der Waals surface area contributed by atoms with E-state index in [1.54, 1.807) is 0 Å². The summed E-state index contributed by atoms with van der Waals surface area (Å²) >= 11 is 0. The van der Waals surface area contributed by atoms with Gasteiger partial charge in [0, 0.05) is 19.3 Å². The molecule has 0 radical (unpaired) electrons. The van der Waals surface area contributed by atoms with E-state index in [2.05, 4.69) is 57.2 Å². The molecule has 59 heavy (non-hydrogen) atoms. The maximum atomic E-state index is 12.7. The molecule has 0 saturated carbocycles. The maximum absolute atomic E-state index is 12.7. The summed E-state index contributed by atoms with van der Waals surface area (Å²) in [6, 6.07) is 0. The van der Waals surface area contributed by atoms with Crippen molar-refractivity contribution in [2.24, 2.45) is 0 Å². The summed E-state index contributed by atoms with van der Waals surface area (Å²) in [6.45, 7) is 6.58. The molecule has 0 spiro atoms. The predicted octanol–water partition coefficient (Wildman–Crippen LogP) is 16.5. The van der Waals surface area contributed by atoms with Gasteiger partial charge in [0.25, 0.3) is 0 Å². The summed E-state index contributed by atoms with van der Waals surface area (Å²) in [5, 5.41) is 0. The fraction of sp³-hybridized carbons (Fsp3) is 0.830. The number of carbonyl (C=O) groups is 3. The van der Waals surface area contributed by atoms with E-state index in [1.165, 1.54) is 154 Å². The van der Waals surface area contributed by atoms with Crippen LogP contribution in [0, 0.1) is 0 Å². The van der Waals surface area contributed by atoms with Crippen molar-refractivity contribution in [3.05, 3.63) is 36.5 Å². The van der Waals surface area contributed by atoms with Crippen LogP contribution in [-0.2, 0) is 28.6 Å². The normalized spacial score (nSPS) is 12.3. The van der Waals surface area contributed by atoms with Crippen molar-refractivity contribution in [2.75, 3.05) is 13.2 Å². The molecule has 0 bridgehead atoms. The smallest absolute Gasteiger partial charge is 0.306 e. The van der Waals surface area contributed by atoms with Crippen molar-refractivity contribution in [1.29, 1.82) is 0 Å². The zero-order valence-corrected chi connectivity index (χ0v) is 39.3. The summed E-state index contributed by atoms with van der Waals surface area (Å²) in [6.07, 6.45) is 55.6. The van der Waals surface area contributed by atoms with E-state index in [1.807, 2.05) is 0 Å². The third kappa shape index (κ3) is 46.5. The van der Waals surface area contributed by atoms with Crippen LogP contribution in [0.15, 0.2) is 36.5 Å².